The number of carbonyl (C=O) groups excluding carboxylic acids is 1. The lowest BCUT2D eigenvalue weighted by Gasteiger charge is -2.14. The van der Waals surface area contributed by atoms with Gasteiger partial charge in [0.2, 0.25) is 5.75 Å². The smallest absolute Gasteiger partial charge is 0.490 e. The Hall–Kier alpha value is -4.53. The van der Waals surface area contributed by atoms with E-state index in [1.807, 2.05) is 0 Å². The molecule has 1 amide bonds. The van der Waals surface area contributed by atoms with E-state index in [1.54, 1.807) is 18.2 Å². The maximum Gasteiger partial charge on any atom is 0.490 e. The number of nitrogens with zero attached hydrogens (tertiary/aromatic N) is 1. The van der Waals surface area contributed by atoms with Crippen LogP contribution in [-0.4, -0.2) is 57.9 Å². The van der Waals surface area contributed by atoms with Gasteiger partial charge in [0, 0.05) is 17.4 Å². The minimum atomic E-state index is -5.08. The number of benzene rings is 2. The molecule has 1 heterocycles. The number of rotatable bonds is 8. The van der Waals surface area contributed by atoms with E-state index in [4.69, 9.17) is 24.1 Å². The highest BCUT2D eigenvalue weighted by Crippen LogP contribution is 2.38. The summed E-state index contributed by atoms with van der Waals surface area (Å²) >= 11 is 0. The number of methoxy groups -OCH3 is 3. The predicted molar refractivity (Wildman–Crippen MR) is 129 cm³/mol. The Morgan fingerprint density at radius 3 is 1.89 bits per heavy atom. The first-order valence-corrected chi connectivity index (χ1v) is 11.8. The van der Waals surface area contributed by atoms with Gasteiger partial charge in [0.25, 0.3) is 15.9 Å². The number of sulfonamides is 1. The van der Waals surface area contributed by atoms with Crippen molar-refractivity contribution in [1.29, 1.82) is 0 Å². The first-order chi connectivity index (χ1) is 17.8. The summed E-state index contributed by atoms with van der Waals surface area (Å²) in [6.45, 7) is 0. The van der Waals surface area contributed by atoms with Gasteiger partial charge in [-0.3, -0.25) is 9.52 Å². The van der Waals surface area contributed by atoms with Crippen LogP contribution in [0.5, 0.6) is 17.2 Å². The average Bonchev–Trinajstić information content (AvgIpc) is 2.88. The number of halogens is 3. The fraction of sp³-hybridized carbons (Fsp3) is 0.174. The summed E-state index contributed by atoms with van der Waals surface area (Å²) in [5, 5.41) is 9.83. The standard InChI is InChI=1S/C21H21N3O6S.C2HF3O2/c1-28-17-12-14(13-18(29-2)20(17)30-3)21(25)23-15-7-9-16(10-8-15)31(26,27)24-19-6-4-5-11-22-19;3-2(4,5)1(6)7/h4-13H,1-3H3,(H,22,24)(H,23,25);(H,6,7). The van der Waals surface area contributed by atoms with Crippen LogP contribution in [0, 0.1) is 0 Å². The molecule has 0 spiro atoms. The second-order valence-electron chi connectivity index (χ2n) is 7.02. The monoisotopic (exact) mass is 557 g/mol. The first-order valence-electron chi connectivity index (χ1n) is 10.3. The van der Waals surface area contributed by atoms with Crippen LogP contribution < -0.4 is 24.2 Å². The lowest BCUT2D eigenvalue weighted by atomic mass is 10.1. The second kappa shape index (κ2) is 12.6. The summed E-state index contributed by atoms with van der Waals surface area (Å²) in [5.74, 6) is -1.92. The van der Waals surface area contributed by atoms with Crippen molar-refractivity contribution in [1.82, 2.24) is 4.98 Å². The zero-order valence-electron chi connectivity index (χ0n) is 20.1. The fourth-order valence-electron chi connectivity index (χ4n) is 2.75. The SMILES string of the molecule is COc1cc(C(=O)Nc2ccc(S(=O)(=O)Nc3ccccn3)cc2)cc(OC)c1OC.O=C(O)C(F)(F)F. The molecule has 0 bridgehead atoms. The summed E-state index contributed by atoms with van der Waals surface area (Å²) in [6, 6.07) is 13.7. The quantitative estimate of drug-likeness (QED) is 0.375. The van der Waals surface area contributed by atoms with Crippen molar-refractivity contribution in [2.24, 2.45) is 0 Å². The molecule has 0 fully saturated rings. The van der Waals surface area contributed by atoms with Gasteiger partial charge in [0.1, 0.15) is 5.82 Å². The van der Waals surface area contributed by atoms with Gasteiger partial charge < -0.3 is 24.6 Å². The number of aromatic nitrogens is 1. The van der Waals surface area contributed by atoms with Gasteiger partial charge in [-0.05, 0) is 48.5 Å². The highest BCUT2D eigenvalue weighted by atomic mass is 32.2. The number of ether oxygens (including phenoxy) is 3. The van der Waals surface area contributed by atoms with E-state index in [2.05, 4.69) is 15.0 Å². The summed E-state index contributed by atoms with van der Waals surface area (Å²) in [4.78, 5) is 25.5. The second-order valence-corrected chi connectivity index (χ2v) is 8.70. The fourth-order valence-corrected chi connectivity index (χ4v) is 3.76. The number of hydrogen-bond acceptors (Lipinski definition) is 8. The largest absolute Gasteiger partial charge is 0.493 e. The van der Waals surface area contributed by atoms with Crippen LogP contribution in [0.1, 0.15) is 10.4 Å². The molecule has 1 aromatic heterocycles. The van der Waals surface area contributed by atoms with Gasteiger partial charge in [-0.2, -0.15) is 13.2 Å². The predicted octanol–water partition coefficient (Wildman–Crippen LogP) is 3.79. The molecule has 38 heavy (non-hydrogen) atoms. The van der Waals surface area contributed by atoms with E-state index < -0.39 is 28.1 Å². The zero-order valence-corrected chi connectivity index (χ0v) is 20.9. The number of carboxylic acids is 1. The van der Waals surface area contributed by atoms with Crippen molar-refractivity contribution in [3.63, 3.8) is 0 Å². The average molecular weight is 558 g/mol. The molecule has 0 saturated heterocycles. The third kappa shape index (κ3) is 7.99. The number of amides is 1. The van der Waals surface area contributed by atoms with Crippen molar-refractivity contribution < 1.29 is 50.5 Å². The molecule has 3 rings (SSSR count). The number of aliphatic carboxylic acids is 1. The van der Waals surface area contributed by atoms with Crippen LogP contribution in [0.4, 0.5) is 24.7 Å². The van der Waals surface area contributed by atoms with Crippen LogP contribution >= 0.6 is 0 Å². The van der Waals surface area contributed by atoms with Gasteiger partial charge in [-0.1, -0.05) is 6.07 Å². The topological polar surface area (TPSA) is 153 Å². The Morgan fingerprint density at radius 2 is 1.47 bits per heavy atom. The van der Waals surface area contributed by atoms with E-state index >= 15 is 0 Å². The molecule has 0 saturated carbocycles. The summed E-state index contributed by atoms with van der Waals surface area (Å²) in [6.07, 6.45) is -3.60. The van der Waals surface area contributed by atoms with Crippen molar-refractivity contribution >= 4 is 33.4 Å². The van der Waals surface area contributed by atoms with E-state index in [-0.39, 0.29) is 16.3 Å². The van der Waals surface area contributed by atoms with Gasteiger partial charge >= 0.3 is 12.1 Å². The van der Waals surface area contributed by atoms with E-state index in [1.165, 1.54) is 63.9 Å². The Balaban J connectivity index is 0.000000638. The summed E-state index contributed by atoms with van der Waals surface area (Å²) < 4.78 is 74.9. The number of carboxylic acid groups (broad SMARTS) is 1. The first kappa shape index (κ1) is 29.7. The summed E-state index contributed by atoms with van der Waals surface area (Å²) in [7, 11) is 0.573. The minimum absolute atomic E-state index is 0.0314. The van der Waals surface area contributed by atoms with Crippen molar-refractivity contribution in [3.05, 3.63) is 66.4 Å². The molecule has 0 aliphatic heterocycles. The lowest BCUT2D eigenvalue weighted by molar-refractivity contribution is -0.192. The maximum absolute atomic E-state index is 12.7. The number of pyridine rings is 1. The van der Waals surface area contributed by atoms with Crippen molar-refractivity contribution in [2.45, 2.75) is 11.1 Å². The van der Waals surface area contributed by atoms with Gasteiger partial charge in [-0.25, -0.2) is 18.2 Å². The lowest BCUT2D eigenvalue weighted by Crippen LogP contribution is -2.21. The Morgan fingerprint density at radius 1 is 0.921 bits per heavy atom. The molecule has 15 heteroatoms. The number of anilines is 2. The van der Waals surface area contributed by atoms with Crippen LogP contribution in [0.2, 0.25) is 0 Å². The maximum atomic E-state index is 12.7. The Labute approximate surface area is 215 Å². The van der Waals surface area contributed by atoms with E-state index in [9.17, 15) is 26.4 Å². The molecule has 2 aromatic carbocycles. The molecule has 0 atom stereocenters. The molecular formula is C23H22F3N3O8S. The highest BCUT2D eigenvalue weighted by Gasteiger charge is 2.38. The van der Waals surface area contributed by atoms with Crippen LogP contribution in [0.3, 0.4) is 0 Å². The molecule has 11 nitrogen and oxygen atoms in total. The molecule has 0 unspecified atom stereocenters. The molecule has 3 N–H and O–H groups in total. The van der Waals surface area contributed by atoms with Gasteiger partial charge in [-0.15, -0.1) is 0 Å². The van der Waals surface area contributed by atoms with Crippen molar-refractivity contribution in [3.8, 4) is 17.2 Å². The third-order valence-electron chi connectivity index (χ3n) is 4.50. The van der Waals surface area contributed by atoms with E-state index in [0.29, 0.717) is 22.9 Å². The number of alkyl halides is 3. The number of carbonyl (C=O) groups is 2. The van der Waals surface area contributed by atoms with Gasteiger partial charge in [0.15, 0.2) is 11.5 Å². The Kier molecular flexibility index (Phi) is 9.87. The van der Waals surface area contributed by atoms with E-state index in [0.717, 1.165) is 0 Å². The number of hydrogen-bond donors (Lipinski definition) is 3. The van der Waals surface area contributed by atoms with Crippen LogP contribution in [0.15, 0.2) is 65.7 Å². The number of nitrogens with one attached hydrogen (secondary N) is 2. The molecule has 204 valence electrons. The molecule has 0 aliphatic carbocycles. The highest BCUT2D eigenvalue weighted by molar-refractivity contribution is 7.92. The third-order valence-corrected chi connectivity index (χ3v) is 5.87. The minimum Gasteiger partial charge on any atom is -0.493 e. The molecule has 3 aromatic rings. The zero-order chi connectivity index (χ0) is 28.5. The van der Waals surface area contributed by atoms with Crippen LogP contribution in [-0.2, 0) is 14.8 Å². The van der Waals surface area contributed by atoms with Crippen LogP contribution in [0.25, 0.3) is 0 Å². The molecule has 0 aliphatic rings. The molecule has 0 radical (unpaired) electrons. The normalized spacial score (nSPS) is 10.9. The van der Waals surface area contributed by atoms with Crippen molar-refractivity contribution in [2.75, 3.05) is 31.4 Å². The molecular weight excluding hydrogens is 535 g/mol. The van der Waals surface area contributed by atoms with Gasteiger partial charge in [0.05, 0.1) is 26.2 Å². The Bertz CT molecular complexity index is 1340. The summed E-state index contributed by atoms with van der Waals surface area (Å²) in [5.41, 5.74) is 0.693.